The molecule has 2 aromatic rings. The fourth-order valence-electron chi connectivity index (χ4n) is 4.09. The minimum absolute atomic E-state index is 0.150. The van der Waals surface area contributed by atoms with Gasteiger partial charge in [0.05, 0.1) is 16.8 Å². The molecule has 0 bridgehead atoms. The molecular formula is C23H24FN3O3. The van der Waals surface area contributed by atoms with E-state index in [1.807, 2.05) is 4.90 Å². The number of carbonyl (C=O) groups is 3. The van der Waals surface area contributed by atoms with Crippen molar-refractivity contribution in [2.45, 2.75) is 13.3 Å². The largest absolute Gasteiger partial charge is 0.367 e. The number of ketones is 1. The molecule has 2 aliphatic rings. The highest BCUT2D eigenvalue weighted by atomic mass is 19.1. The molecule has 2 amide bonds. The van der Waals surface area contributed by atoms with Crippen molar-refractivity contribution in [2.75, 3.05) is 44.2 Å². The molecule has 30 heavy (non-hydrogen) atoms. The van der Waals surface area contributed by atoms with E-state index in [2.05, 4.69) is 4.90 Å². The van der Waals surface area contributed by atoms with E-state index in [1.54, 1.807) is 36.4 Å². The van der Waals surface area contributed by atoms with Crippen LogP contribution in [0.1, 0.15) is 44.4 Å². The SMILES string of the molecule is CC(=O)c1ccc(N2CCN(CCCN3C(=O)c4ccccc4C3=O)CC2)c(F)c1. The Morgan fingerprint density at radius 2 is 1.57 bits per heavy atom. The van der Waals surface area contributed by atoms with Gasteiger partial charge >= 0.3 is 0 Å². The Morgan fingerprint density at radius 1 is 0.933 bits per heavy atom. The van der Waals surface area contributed by atoms with Gasteiger partial charge < -0.3 is 4.90 Å². The van der Waals surface area contributed by atoms with Crippen LogP contribution in [0.5, 0.6) is 0 Å². The van der Waals surface area contributed by atoms with E-state index >= 15 is 0 Å². The molecule has 0 aromatic heterocycles. The number of piperazine rings is 1. The van der Waals surface area contributed by atoms with Gasteiger partial charge in [-0.05, 0) is 50.2 Å². The third kappa shape index (κ3) is 3.85. The molecule has 2 aliphatic heterocycles. The van der Waals surface area contributed by atoms with Gasteiger partial charge in [0.25, 0.3) is 11.8 Å². The number of rotatable bonds is 6. The molecule has 0 radical (unpaired) electrons. The van der Waals surface area contributed by atoms with Gasteiger partial charge in [0.2, 0.25) is 0 Å². The summed E-state index contributed by atoms with van der Waals surface area (Å²) < 4.78 is 14.4. The smallest absolute Gasteiger partial charge is 0.261 e. The van der Waals surface area contributed by atoms with Crippen molar-refractivity contribution in [3.05, 3.63) is 65.0 Å². The number of Topliss-reactive ketones (excluding diaryl/α,β-unsaturated/α-hetero) is 1. The summed E-state index contributed by atoms with van der Waals surface area (Å²) >= 11 is 0. The summed E-state index contributed by atoms with van der Waals surface area (Å²) in [7, 11) is 0. The Hall–Kier alpha value is -3.06. The predicted octanol–water partition coefficient (Wildman–Crippen LogP) is 2.84. The molecule has 7 heteroatoms. The maximum atomic E-state index is 14.4. The molecule has 1 fully saturated rings. The van der Waals surface area contributed by atoms with Crippen LogP contribution < -0.4 is 4.90 Å². The molecule has 2 heterocycles. The molecule has 0 unspecified atom stereocenters. The average molecular weight is 409 g/mol. The Kier molecular flexibility index (Phi) is 5.63. The zero-order valence-corrected chi connectivity index (χ0v) is 16.9. The van der Waals surface area contributed by atoms with Crippen molar-refractivity contribution in [1.82, 2.24) is 9.80 Å². The topological polar surface area (TPSA) is 60.9 Å². The van der Waals surface area contributed by atoms with Crippen LogP contribution >= 0.6 is 0 Å². The van der Waals surface area contributed by atoms with E-state index < -0.39 is 0 Å². The zero-order valence-electron chi connectivity index (χ0n) is 16.9. The molecule has 2 aromatic carbocycles. The van der Waals surface area contributed by atoms with Gasteiger partial charge in [-0.25, -0.2) is 4.39 Å². The molecule has 0 aliphatic carbocycles. The fourth-order valence-corrected chi connectivity index (χ4v) is 4.09. The van der Waals surface area contributed by atoms with Crippen LogP contribution in [0, 0.1) is 5.82 Å². The molecular weight excluding hydrogens is 385 g/mol. The van der Waals surface area contributed by atoms with Crippen molar-refractivity contribution < 1.29 is 18.8 Å². The lowest BCUT2D eigenvalue weighted by Gasteiger charge is -2.36. The second kappa shape index (κ2) is 8.36. The van der Waals surface area contributed by atoms with Gasteiger partial charge in [-0.15, -0.1) is 0 Å². The van der Waals surface area contributed by atoms with Crippen LogP contribution in [0.25, 0.3) is 0 Å². The average Bonchev–Trinajstić information content (AvgIpc) is 2.99. The standard InChI is InChI=1S/C23H24FN3O3/c1-16(28)17-7-8-21(20(24)15-17)26-13-11-25(12-14-26)9-4-10-27-22(29)18-5-2-3-6-19(18)23(27)30/h2-3,5-8,15H,4,9-14H2,1H3. The van der Waals surface area contributed by atoms with Crippen molar-refractivity contribution in [3.8, 4) is 0 Å². The maximum Gasteiger partial charge on any atom is 0.261 e. The lowest BCUT2D eigenvalue weighted by Crippen LogP contribution is -2.47. The zero-order chi connectivity index (χ0) is 21.3. The van der Waals surface area contributed by atoms with Crippen molar-refractivity contribution >= 4 is 23.3 Å². The Bertz CT molecular complexity index is 964. The number of imide groups is 1. The number of nitrogens with zero attached hydrogens (tertiary/aromatic N) is 3. The van der Waals surface area contributed by atoms with Crippen molar-refractivity contribution in [1.29, 1.82) is 0 Å². The van der Waals surface area contributed by atoms with Crippen LogP contribution in [0.15, 0.2) is 42.5 Å². The van der Waals surface area contributed by atoms with E-state index in [1.165, 1.54) is 17.9 Å². The van der Waals surface area contributed by atoms with Crippen LogP contribution in [0.4, 0.5) is 10.1 Å². The summed E-state index contributed by atoms with van der Waals surface area (Å²) in [6.07, 6.45) is 0.702. The lowest BCUT2D eigenvalue weighted by atomic mass is 10.1. The van der Waals surface area contributed by atoms with Crippen LogP contribution in [0.3, 0.4) is 0 Å². The van der Waals surface area contributed by atoms with E-state index in [-0.39, 0.29) is 23.4 Å². The summed E-state index contributed by atoms with van der Waals surface area (Å²) in [5.74, 6) is -0.958. The van der Waals surface area contributed by atoms with E-state index in [0.29, 0.717) is 48.4 Å². The van der Waals surface area contributed by atoms with Crippen molar-refractivity contribution in [3.63, 3.8) is 0 Å². The highest BCUT2D eigenvalue weighted by Crippen LogP contribution is 2.24. The molecule has 1 saturated heterocycles. The molecule has 0 saturated carbocycles. The predicted molar refractivity (Wildman–Crippen MR) is 111 cm³/mol. The van der Waals surface area contributed by atoms with Gasteiger partial charge in [0.1, 0.15) is 5.82 Å². The van der Waals surface area contributed by atoms with Gasteiger partial charge in [-0.2, -0.15) is 0 Å². The van der Waals surface area contributed by atoms with E-state index in [0.717, 1.165) is 19.6 Å². The first-order valence-corrected chi connectivity index (χ1v) is 10.2. The molecule has 0 atom stereocenters. The number of hydrogen-bond donors (Lipinski definition) is 0. The minimum Gasteiger partial charge on any atom is -0.367 e. The first-order valence-electron chi connectivity index (χ1n) is 10.2. The quantitative estimate of drug-likeness (QED) is 0.542. The number of hydrogen-bond acceptors (Lipinski definition) is 5. The van der Waals surface area contributed by atoms with Crippen LogP contribution in [-0.4, -0.2) is 66.7 Å². The van der Waals surface area contributed by atoms with E-state index in [4.69, 9.17) is 0 Å². The van der Waals surface area contributed by atoms with Gasteiger partial charge in [-0.1, -0.05) is 12.1 Å². The highest BCUT2D eigenvalue weighted by Gasteiger charge is 2.34. The molecule has 4 rings (SSSR count). The summed E-state index contributed by atoms with van der Waals surface area (Å²) in [6.45, 7) is 5.51. The monoisotopic (exact) mass is 409 g/mol. The normalized spacial score (nSPS) is 16.9. The van der Waals surface area contributed by atoms with Gasteiger partial charge in [-0.3, -0.25) is 24.2 Å². The molecule has 0 spiro atoms. The van der Waals surface area contributed by atoms with Crippen LogP contribution in [0.2, 0.25) is 0 Å². The van der Waals surface area contributed by atoms with E-state index in [9.17, 15) is 18.8 Å². The lowest BCUT2D eigenvalue weighted by molar-refractivity contribution is 0.0646. The molecule has 0 N–H and O–H groups in total. The number of fused-ring (bicyclic) bond motifs is 1. The third-order valence-corrected chi connectivity index (χ3v) is 5.80. The molecule has 6 nitrogen and oxygen atoms in total. The third-order valence-electron chi connectivity index (χ3n) is 5.80. The summed E-state index contributed by atoms with van der Waals surface area (Å²) in [5, 5.41) is 0. The Balaban J connectivity index is 1.27. The number of halogens is 1. The summed E-state index contributed by atoms with van der Waals surface area (Å²) in [6, 6.07) is 11.5. The Labute approximate surface area is 174 Å². The van der Waals surface area contributed by atoms with Crippen LogP contribution in [-0.2, 0) is 0 Å². The second-order valence-electron chi connectivity index (χ2n) is 7.71. The number of amides is 2. The number of anilines is 1. The summed E-state index contributed by atoms with van der Waals surface area (Å²) in [5.41, 5.74) is 1.86. The molecule has 156 valence electrons. The second-order valence-corrected chi connectivity index (χ2v) is 7.71. The van der Waals surface area contributed by atoms with Crippen molar-refractivity contribution in [2.24, 2.45) is 0 Å². The highest BCUT2D eigenvalue weighted by molar-refractivity contribution is 6.21. The maximum absolute atomic E-state index is 14.4. The van der Waals surface area contributed by atoms with Gasteiger partial charge in [0, 0.05) is 38.3 Å². The Morgan fingerprint density at radius 3 is 2.13 bits per heavy atom. The van der Waals surface area contributed by atoms with Gasteiger partial charge in [0.15, 0.2) is 5.78 Å². The fraction of sp³-hybridized carbons (Fsp3) is 0.348. The number of carbonyl (C=O) groups excluding carboxylic acids is 3. The summed E-state index contributed by atoms with van der Waals surface area (Å²) in [4.78, 5) is 41.8. The first-order chi connectivity index (χ1) is 14.5. The first kappa shape index (κ1) is 20.2. The minimum atomic E-state index is -0.373. The number of benzene rings is 2.